The maximum Gasteiger partial charge on any atom is 0.151 e. The fourth-order valence-electron chi connectivity index (χ4n) is 3.37. The summed E-state index contributed by atoms with van der Waals surface area (Å²) in [4.78, 5) is 0. The number of nitrogens with zero attached hydrogens (tertiary/aromatic N) is 1. The van der Waals surface area contributed by atoms with Gasteiger partial charge in [-0.3, -0.25) is 0 Å². The van der Waals surface area contributed by atoms with Crippen LogP contribution in [0.4, 0.5) is 0 Å². The standard InChI is InChI=1S/C22H21NO/c1-22(2,3)23-18-12-6-4-10-16(18)17-11-5-8-14-20(17)24-21-15-9-7-13-19(21)23/h4-15H,1-3H3. The molecule has 120 valence electrons. The topological polar surface area (TPSA) is 18.1 Å². The van der Waals surface area contributed by atoms with E-state index in [1.54, 1.807) is 0 Å². The van der Waals surface area contributed by atoms with Gasteiger partial charge in [-0.25, -0.2) is 0 Å². The zero-order valence-electron chi connectivity index (χ0n) is 14.3. The molecule has 1 aromatic heterocycles. The third-order valence-corrected chi connectivity index (χ3v) is 4.32. The summed E-state index contributed by atoms with van der Waals surface area (Å²) in [5, 5.41) is 2.31. The van der Waals surface area contributed by atoms with E-state index in [1.807, 2.05) is 24.3 Å². The van der Waals surface area contributed by atoms with E-state index in [0.29, 0.717) is 0 Å². The molecule has 0 atom stereocenters. The monoisotopic (exact) mass is 315 g/mol. The number of hydrogen-bond acceptors (Lipinski definition) is 1. The summed E-state index contributed by atoms with van der Waals surface area (Å²) in [5.74, 6) is 0. The van der Waals surface area contributed by atoms with Gasteiger partial charge in [-0.1, -0.05) is 48.5 Å². The molecule has 0 N–H and O–H groups in total. The van der Waals surface area contributed by atoms with E-state index in [9.17, 15) is 0 Å². The van der Waals surface area contributed by atoms with Crippen LogP contribution in [0.1, 0.15) is 20.8 Å². The Hall–Kier alpha value is -2.74. The zero-order chi connectivity index (χ0) is 16.7. The fourth-order valence-corrected chi connectivity index (χ4v) is 3.37. The lowest BCUT2D eigenvalue weighted by atomic mass is 10.0. The van der Waals surface area contributed by atoms with Crippen LogP contribution in [0, 0.1) is 0 Å². The van der Waals surface area contributed by atoms with Gasteiger partial charge < -0.3 is 8.98 Å². The Morgan fingerprint density at radius 2 is 1.17 bits per heavy atom. The van der Waals surface area contributed by atoms with E-state index in [0.717, 1.165) is 22.1 Å². The second-order valence-electron chi connectivity index (χ2n) is 7.09. The van der Waals surface area contributed by atoms with Crippen molar-refractivity contribution in [3.63, 3.8) is 0 Å². The van der Waals surface area contributed by atoms with Crippen LogP contribution in [0.25, 0.3) is 33.0 Å². The molecular formula is C22H21NO. The molecule has 0 aliphatic rings. The van der Waals surface area contributed by atoms with Gasteiger partial charge in [0.05, 0.1) is 5.52 Å². The van der Waals surface area contributed by atoms with Crippen molar-refractivity contribution in [2.24, 2.45) is 0 Å². The molecule has 24 heavy (non-hydrogen) atoms. The van der Waals surface area contributed by atoms with Crippen molar-refractivity contribution >= 4 is 33.0 Å². The number of fused-ring (bicyclic) bond motifs is 4. The lowest BCUT2D eigenvalue weighted by molar-refractivity contribution is 0.420. The third kappa shape index (κ3) is 2.35. The molecule has 4 rings (SSSR count). The molecule has 1 heterocycles. The van der Waals surface area contributed by atoms with Crippen molar-refractivity contribution < 1.29 is 4.42 Å². The number of hydrogen-bond donors (Lipinski definition) is 0. The van der Waals surface area contributed by atoms with Gasteiger partial charge in [0.15, 0.2) is 5.58 Å². The molecule has 0 saturated carbocycles. The highest BCUT2D eigenvalue weighted by Gasteiger charge is 2.17. The highest BCUT2D eigenvalue weighted by atomic mass is 16.3. The van der Waals surface area contributed by atoms with Crippen molar-refractivity contribution in [3.05, 3.63) is 72.8 Å². The first kappa shape index (κ1) is 14.8. The van der Waals surface area contributed by atoms with Gasteiger partial charge in [0.25, 0.3) is 0 Å². The summed E-state index contributed by atoms with van der Waals surface area (Å²) in [6, 6.07) is 25.1. The summed E-state index contributed by atoms with van der Waals surface area (Å²) in [7, 11) is 0. The number of para-hydroxylation sites is 4. The maximum absolute atomic E-state index is 6.32. The Morgan fingerprint density at radius 1 is 0.625 bits per heavy atom. The first-order chi connectivity index (χ1) is 11.6. The van der Waals surface area contributed by atoms with E-state index in [4.69, 9.17) is 4.42 Å². The predicted molar refractivity (Wildman–Crippen MR) is 102 cm³/mol. The van der Waals surface area contributed by atoms with Crippen molar-refractivity contribution in [2.75, 3.05) is 0 Å². The lowest BCUT2D eigenvalue weighted by Gasteiger charge is -2.27. The van der Waals surface area contributed by atoms with E-state index in [2.05, 4.69) is 73.9 Å². The van der Waals surface area contributed by atoms with Gasteiger partial charge in [0.2, 0.25) is 0 Å². The van der Waals surface area contributed by atoms with E-state index >= 15 is 0 Å². The first-order valence-corrected chi connectivity index (χ1v) is 8.31. The van der Waals surface area contributed by atoms with Crippen LogP contribution in [0.15, 0.2) is 77.2 Å². The second-order valence-corrected chi connectivity index (χ2v) is 7.09. The van der Waals surface area contributed by atoms with Crippen molar-refractivity contribution in [1.82, 2.24) is 4.57 Å². The van der Waals surface area contributed by atoms with Gasteiger partial charge >= 0.3 is 0 Å². The molecule has 0 bridgehead atoms. The van der Waals surface area contributed by atoms with Gasteiger partial charge in [-0.05, 0) is 45.0 Å². The summed E-state index contributed by atoms with van der Waals surface area (Å²) < 4.78 is 8.69. The van der Waals surface area contributed by atoms with Crippen LogP contribution in [-0.2, 0) is 5.54 Å². The van der Waals surface area contributed by atoms with E-state index in [1.165, 1.54) is 10.9 Å². The SMILES string of the molecule is CC(C)(C)n1c2ccccc2oc2ccccc2c2ccccc21. The Labute approximate surface area is 141 Å². The molecule has 0 saturated heterocycles. The molecule has 3 aromatic carbocycles. The molecule has 2 nitrogen and oxygen atoms in total. The molecule has 0 radical (unpaired) electrons. The number of aromatic nitrogens is 1. The Balaban J connectivity index is 2.43. The zero-order valence-corrected chi connectivity index (χ0v) is 14.3. The fraction of sp³-hybridized carbons (Fsp3) is 0.182. The summed E-state index contributed by atoms with van der Waals surface area (Å²) in [5.41, 5.74) is 3.99. The predicted octanol–water partition coefficient (Wildman–Crippen LogP) is 6.42. The Morgan fingerprint density at radius 3 is 1.88 bits per heavy atom. The minimum absolute atomic E-state index is 0.0815. The smallest absolute Gasteiger partial charge is 0.151 e. The van der Waals surface area contributed by atoms with Gasteiger partial charge in [0.1, 0.15) is 5.58 Å². The molecule has 0 unspecified atom stereocenters. The Kier molecular flexibility index (Phi) is 3.34. The largest absolute Gasteiger partial charge is 0.455 e. The minimum Gasteiger partial charge on any atom is -0.455 e. The van der Waals surface area contributed by atoms with Crippen molar-refractivity contribution in [1.29, 1.82) is 0 Å². The number of rotatable bonds is 0. The quantitative estimate of drug-likeness (QED) is 0.366. The summed E-state index contributed by atoms with van der Waals surface area (Å²) >= 11 is 0. The average molecular weight is 315 g/mol. The van der Waals surface area contributed by atoms with E-state index in [-0.39, 0.29) is 5.54 Å². The third-order valence-electron chi connectivity index (χ3n) is 4.32. The van der Waals surface area contributed by atoms with Crippen LogP contribution in [0.3, 0.4) is 0 Å². The maximum atomic E-state index is 6.32. The molecule has 0 aliphatic heterocycles. The first-order valence-electron chi connectivity index (χ1n) is 8.31. The second kappa shape index (κ2) is 5.41. The number of benzene rings is 3. The van der Waals surface area contributed by atoms with Crippen LogP contribution in [-0.4, -0.2) is 4.57 Å². The normalized spacial score (nSPS) is 12.0. The van der Waals surface area contributed by atoms with Gasteiger partial charge in [-0.15, -0.1) is 0 Å². The summed E-state index contributed by atoms with van der Waals surface area (Å²) in [6.45, 7) is 6.69. The molecular weight excluding hydrogens is 294 g/mol. The van der Waals surface area contributed by atoms with Crippen LogP contribution in [0.2, 0.25) is 0 Å². The van der Waals surface area contributed by atoms with Gasteiger partial charge in [-0.2, -0.15) is 0 Å². The average Bonchev–Trinajstić information content (AvgIpc) is 2.55. The Bertz CT molecular complexity index is 1090. The minimum atomic E-state index is -0.0815. The van der Waals surface area contributed by atoms with Crippen LogP contribution < -0.4 is 0 Å². The van der Waals surface area contributed by atoms with E-state index < -0.39 is 0 Å². The molecule has 0 fully saturated rings. The lowest BCUT2D eigenvalue weighted by Crippen LogP contribution is -2.22. The van der Waals surface area contributed by atoms with Gasteiger partial charge in [0, 0.05) is 21.8 Å². The molecule has 0 aliphatic carbocycles. The van der Waals surface area contributed by atoms with Crippen LogP contribution >= 0.6 is 0 Å². The molecule has 0 amide bonds. The van der Waals surface area contributed by atoms with Crippen LogP contribution in [0.5, 0.6) is 0 Å². The summed E-state index contributed by atoms with van der Waals surface area (Å²) in [6.07, 6.45) is 0. The highest BCUT2D eigenvalue weighted by molar-refractivity contribution is 6.03. The van der Waals surface area contributed by atoms with Crippen molar-refractivity contribution in [3.8, 4) is 0 Å². The molecule has 4 aromatic rings. The highest BCUT2D eigenvalue weighted by Crippen LogP contribution is 2.31. The molecule has 2 heteroatoms. The van der Waals surface area contributed by atoms with Crippen molar-refractivity contribution in [2.45, 2.75) is 26.3 Å². The molecule has 0 spiro atoms.